The third-order valence-corrected chi connectivity index (χ3v) is 6.71. The molecule has 0 saturated carbocycles. The predicted molar refractivity (Wildman–Crippen MR) is 139 cm³/mol. The van der Waals surface area contributed by atoms with Crippen molar-refractivity contribution < 1.29 is 4.79 Å². The Labute approximate surface area is 201 Å². The summed E-state index contributed by atoms with van der Waals surface area (Å²) in [5.41, 5.74) is 8.67. The van der Waals surface area contributed by atoms with Crippen molar-refractivity contribution in [2.45, 2.75) is 26.4 Å². The maximum atomic E-state index is 13.8. The molecule has 0 radical (unpaired) electrons. The molecule has 1 aliphatic rings. The van der Waals surface area contributed by atoms with Gasteiger partial charge in [0.2, 0.25) is 0 Å². The van der Waals surface area contributed by atoms with Gasteiger partial charge in [0.15, 0.2) is 0 Å². The first-order chi connectivity index (χ1) is 16.4. The van der Waals surface area contributed by atoms with Crippen molar-refractivity contribution in [3.8, 4) is 5.69 Å². The molecule has 0 saturated heterocycles. The van der Waals surface area contributed by atoms with E-state index in [2.05, 4.69) is 83.4 Å². The fourth-order valence-electron chi connectivity index (χ4n) is 4.66. The lowest BCUT2D eigenvalue weighted by Gasteiger charge is -2.31. The number of benzene rings is 3. The van der Waals surface area contributed by atoms with Crippen molar-refractivity contribution in [3.05, 3.63) is 113 Å². The van der Waals surface area contributed by atoms with Crippen molar-refractivity contribution in [1.29, 1.82) is 0 Å². The molecule has 172 valence electrons. The quantitative estimate of drug-likeness (QED) is 0.398. The Balaban J connectivity index is 1.60. The highest BCUT2D eigenvalue weighted by atomic mass is 16.2. The SMILES string of the molecule is Cc1ccc(NC(=O)N2Cc3ccccc3-n3cccc3C2c2ccc(N(C)C)cc2)cc1C. The Hall–Kier alpha value is -3.99. The van der Waals surface area contributed by atoms with Crippen molar-refractivity contribution in [3.63, 3.8) is 0 Å². The fraction of sp³-hybridized carbons (Fsp3) is 0.207. The minimum Gasteiger partial charge on any atom is -0.378 e. The van der Waals surface area contributed by atoms with E-state index in [0.29, 0.717) is 6.54 Å². The van der Waals surface area contributed by atoms with E-state index in [0.717, 1.165) is 39.4 Å². The summed E-state index contributed by atoms with van der Waals surface area (Å²) in [7, 11) is 4.07. The minimum atomic E-state index is -0.231. The Morgan fingerprint density at radius 2 is 1.68 bits per heavy atom. The Morgan fingerprint density at radius 3 is 2.41 bits per heavy atom. The van der Waals surface area contributed by atoms with E-state index < -0.39 is 0 Å². The molecule has 4 aromatic rings. The average molecular weight is 451 g/mol. The van der Waals surface area contributed by atoms with Crippen LogP contribution in [0.1, 0.15) is 34.0 Å². The van der Waals surface area contributed by atoms with Crippen LogP contribution in [0.3, 0.4) is 0 Å². The number of carbonyl (C=O) groups excluding carboxylic acids is 1. The van der Waals surface area contributed by atoms with E-state index in [1.54, 1.807) is 0 Å². The molecule has 2 amide bonds. The Morgan fingerprint density at radius 1 is 0.912 bits per heavy atom. The third kappa shape index (κ3) is 3.94. The van der Waals surface area contributed by atoms with Gasteiger partial charge in [-0.1, -0.05) is 36.4 Å². The van der Waals surface area contributed by atoms with E-state index in [1.165, 1.54) is 5.56 Å². The number of urea groups is 1. The molecule has 1 N–H and O–H groups in total. The number of nitrogens with zero attached hydrogens (tertiary/aromatic N) is 3. The summed E-state index contributed by atoms with van der Waals surface area (Å²) < 4.78 is 2.21. The van der Waals surface area contributed by atoms with Gasteiger partial charge in [-0.15, -0.1) is 0 Å². The lowest BCUT2D eigenvalue weighted by molar-refractivity contribution is 0.194. The molecule has 0 fully saturated rings. The highest BCUT2D eigenvalue weighted by Gasteiger charge is 2.33. The maximum Gasteiger partial charge on any atom is 0.322 e. The smallest absolute Gasteiger partial charge is 0.322 e. The van der Waals surface area contributed by atoms with Crippen LogP contribution in [0.4, 0.5) is 16.2 Å². The first-order valence-electron chi connectivity index (χ1n) is 11.6. The van der Waals surface area contributed by atoms with Gasteiger partial charge in [0.25, 0.3) is 0 Å². The van der Waals surface area contributed by atoms with Crippen LogP contribution in [0, 0.1) is 13.8 Å². The number of aryl methyl sites for hydroxylation is 2. The van der Waals surface area contributed by atoms with Crippen LogP contribution >= 0.6 is 0 Å². The normalized spacial score (nSPS) is 14.7. The molecule has 0 aliphatic carbocycles. The van der Waals surface area contributed by atoms with Crippen molar-refractivity contribution in [1.82, 2.24) is 9.47 Å². The predicted octanol–water partition coefficient (Wildman–Crippen LogP) is 6.30. The summed E-state index contributed by atoms with van der Waals surface area (Å²) in [6.07, 6.45) is 2.08. The topological polar surface area (TPSA) is 40.5 Å². The van der Waals surface area contributed by atoms with Gasteiger partial charge in [-0.3, -0.25) is 0 Å². The number of para-hydroxylation sites is 1. The van der Waals surface area contributed by atoms with E-state index in [9.17, 15) is 4.79 Å². The summed E-state index contributed by atoms with van der Waals surface area (Å²) >= 11 is 0. The summed E-state index contributed by atoms with van der Waals surface area (Å²) in [6, 6.07) is 26.7. The second-order valence-electron chi connectivity index (χ2n) is 9.18. The van der Waals surface area contributed by atoms with Crippen LogP contribution in [0.25, 0.3) is 5.69 Å². The van der Waals surface area contributed by atoms with Crippen LogP contribution in [0.15, 0.2) is 85.1 Å². The van der Waals surface area contributed by atoms with Gasteiger partial charge >= 0.3 is 6.03 Å². The molecule has 5 heteroatoms. The van der Waals surface area contributed by atoms with Gasteiger partial charge in [0.05, 0.1) is 18.3 Å². The molecule has 1 atom stereocenters. The molecule has 1 aliphatic heterocycles. The maximum absolute atomic E-state index is 13.8. The fourth-order valence-corrected chi connectivity index (χ4v) is 4.66. The van der Waals surface area contributed by atoms with E-state index in [4.69, 9.17) is 0 Å². The molecular formula is C29H30N4O. The van der Waals surface area contributed by atoms with E-state index in [1.807, 2.05) is 49.3 Å². The van der Waals surface area contributed by atoms with Crippen molar-refractivity contribution >= 4 is 17.4 Å². The van der Waals surface area contributed by atoms with Gasteiger partial charge in [0.1, 0.15) is 0 Å². The van der Waals surface area contributed by atoms with Crippen LogP contribution in [-0.2, 0) is 6.54 Å². The van der Waals surface area contributed by atoms with Gasteiger partial charge in [0, 0.05) is 37.4 Å². The molecule has 0 bridgehead atoms. The first kappa shape index (κ1) is 21.8. The number of rotatable bonds is 3. The zero-order chi connectivity index (χ0) is 23.8. The van der Waals surface area contributed by atoms with Gasteiger partial charge < -0.3 is 19.7 Å². The summed E-state index contributed by atoms with van der Waals surface area (Å²) in [5.74, 6) is 0. The van der Waals surface area contributed by atoms with E-state index in [-0.39, 0.29) is 12.1 Å². The third-order valence-electron chi connectivity index (χ3n) is 6.71. The summed E-state index contributed by atoms with van der Waals surface area (Å²) in [5, 5.41) is 3.16. The van der Waals surface area contributed by atoms with Gasteiger partial charge in [-0.05, 0) is 78.6 Å². The first-order valence-corrected chi connectivity index (χ1v) is 11.6. The number of fused-ring (bicyclic) bond motifs is 3. The van der Waals surface area contributed by atoms with Crippen LogP contribution in [0.5, 0.6) is 0 Å². The van der Waals surface area contributed by atoms with Gasteiger partial charge in [-0.2, -0.15) is 0 Å². The zero-order valence-electron chi connectivity index (χ0n) is 20.1. The number of carbonyl (C=O) groups is 1. The molecule has 2 heterocycles. The largest absolute Gasteiger partial charge is 0.378 e. The van der Waals surface area contributed by atoms with Crippen LogP contribution in [0.2, 0.25) is 0 Å². The molecule has 5 rings (SSSR count). The van der Waals surface area contributed by atoms with Crippen molar-refractivity contribution in [2.75, 3.05) is 24.3 Å². The lowest BCUT2D eigenvalue weighted by Crippen LogP contribution is -2.38. The second-order valence-corrected chi connectivity index (χ2v) is 9.18. The standard InChI is InChI=1S/C29H30N4O/c1-20-11-14-24(18-21(20)2)30-29(34)33-19-23-8-5-6-9-26(23)32-17-7-10-27(32)28(33)22-12-15-25(16-13-22)31(3)4/h5-18,28H,19H2,1-4H3,(H,30,34). The minimum absolute atomic E-state index is 0.116. The number of anilines is 2. The van der Waals surface area contributed by atoms with Gasteiger partial charge in [-0.25, -0.2) is 4.79 Å². The number of amides is 2. The molecule has 1 aromatic heterocycles. The lowest BCUT2D eigenvalue weighted by atomic mass is 10.0. The number of hydrogen-bond acceptors (Lipinski definition) is 2. The zero-order valence-corrected chi connectivity index (χ0v) is 20.1. The number of nitrogens with one attached hydrogen (secondary N) is 1. The monoisotopic (exact) mass is 450 g/mol. The van der Waals surface area contributed by atoms with Crippen LogP contribution in [-0.4, -0.2) is 29.6 Å². The summed E-state index contributed by atoms with van der Waals surface area (Å²) in [6.45, 7) is 4.65. The molecule has 1 unspecified atom stereocenters. The number of aromatic nitrogens is 1. The molecular weight excluding hydrogens is 420 g/mol. The highest BCUT2D eigenvalue weighted by molar-refractivity contribution is 5.90. The average Bonchev–Trinajstić information content (AvgIpc) is 3.26. The second kappa shape index (κ2) is 8.75. The molecule has 34 heavy (non-hydrogen) atoms. The summed E-state index contributed by atoms with van der Waals surface area (Å²) in [4.78, 5) is 17.8. The molecule has 3 aromatic carbocycles. The van der Waals surface area contributed by atoms with E-state index >= 15 is 0 Å². The van der Waals surface area contributed by atoms with Crippen LogP contribution < -0.4 is 10.2 Å². The Kier molecular flexibility index (Phi) is 5.62. The Bertz CT molecular complexity index is 1340. The molecule has 5 nitrogen and oxygen atoms in total. The highest BCUT2D eigenvalue weighted by Crippen LogP contribution is 2.37. The number of hydrogen-bond donors (Lipinski definition) is 1. The molecule has 0 spiro atoms. The van der Waals surface area contributed by atoms with Crippen molar-refractivity contribution in [2.24, 2.45) is 0 Å².